The van der Waals surface area contributed by atoms with Crippen LogP contribution in [0, 0.1) is 12.8 Å². The second-order valence-electron chi connectivity index (χ2n) is 5.20. The molecule has 0 bridgehead atoms. The number of rotatable bonds is 3. The highest BCUT2D eigenvalue weighted by Gasteiger charge is 2.26. The van der Waals surface area contributed by atoms with Crippen LogP contribution in [0.25, 0.3) is 0 Å². The van der Waals surface area contributed by atoms with Gasteiger partial charge in [0.05, 0.1) is 6.04 Å². The van der Waals surface area contributed by atoms with Crippen LogP contribution in [0.2, 0.25) is 0 Å². The van der Waals surface area contributed by atoms with Crippen molar-refractivity contribution in [3.05, 3.63) is 35.4 Å². The van der Waals surface area contributed by atoms with Crippen molar-refractivity contribution in [2.45, 2.75) is 39.3 Å². The summed E-state index contributed by atoms with van der Waals surface area (Å²) < 4.78 is 0. The Morgan fingerprint density at radius 3 is 2.94 bits per heavy atom. The first kappa shape index (κ1) is 13.1. The zero-order valence-corrected chi connectivity index (χ0v) is 11.2. The lowest BCUT2D eigenvalue weighted by molar-refractivity contribution is -0.125. The van der Waals surface area contributed by atoms with Crippen LogP contribution in [-0.2, 0) is 11.3 Å². The standard InChI is InChI=1S/C15H22N2O/c1-11-6-3-4-8-13(11)10-17-15(18)14-12(2)7-5-9-16-14/h3-4,6,8,12,14,16H,5,7,9-10H2,1-2H3,(H,17,18). The largest absolute Gasteiger partial charge is 0.351 e. The van der Waals surface area contributed by atoms with E-state index in [1.54, 1.807) is 0 Å². The van der Waals surface area contributed by atoms with Crippen molar-refractivity contribution < 1.29 is 4.79 Å². The number of piperidine rings is 1. The maximum Gasteiger partial charge on any atom is 0.237 e. The van der Waals surface area contributed by atoms with Gasteiger partial charge in [0.25, 0.3) is 0 Å². The molecule has 0 spiro atoms. The van der Waals surface area contributed by atoms with Crippen molar-refractivity contribution in [3.63, 3.8) is 0 Å². The number of nitrogens with one attached hydrogen (secondary N) is 2. The molecule has 0 radical (unpaired) electrons. The number of carbonyl (C=O) groups is 1. The molecule has 2 N–H and O–H groups in total. The zero-order valence-electron chi connectivity index (χ0n) is 11.2. The van der Waals surface area contributed by atoms with Crippen molar-refractivity contribution in [2.75, 3.05) is 6.54 Å². The minimum atomic E-state index is -0.0252. The van der Waals surface area contributed by atoms with Crippen LogP contribution in [0.4, 0.5) is 0 Å². The Morgan fingerprint density at radius 2 is 2.22 bits per heavy atom. The highest BCUT2D eigenvalue weighted by atomic mass is 16.2. The van der Waals surface area contributed by atoms with Gasteiger partial charge in [0.1, 0.15) is 0 Å². The fourth-order valence-electron chi connectivity index (χ4n) is 2.50. The van der Waals surface area contributed by atoms with Crippen molar-refractivity contribution in [1.82, 2.24) is 10.6 Å². The number of benzene rings is 1. The maximum absolute atomic E-state index is 12.1. The van der Waals surface area contributed by atoms with E-state index in [9.17, 15) is 4.79 Å². The van der Waals surface area contributed by atoms with Crippen LogP contribution >= 0.6 is 0 Å². The molecule has 1 aliphatic rings. The molecule has 1 fully saturated rings. The summed E-state index contributed by atoms with van der Waals surface area (Å²) in [6.07, 6.45) is 2.30. The smallest absolute Gasteiger partial charge is 0.237 e. The summed E-state index contributed by atoms with van der Waals surface area (Å²) in [6.45, 7) is 5.79. The molecule has 2 rings (SSSR count). The second-order valence-corrected chi connectivity index (χ2v) is 5.20. The maximum atomic E-state index is 12.1. The van der Waals surface area contributed by atoms with E-state index >= 15 is 0 Å². The fourth-order valence-corrected chi connectivity index (χ4v) is 2.50. The van der Waals surface area contributed by atoms with E-state index in [1.807, 2.05) is 12.1 Å². The number of carbonyl (C=O) groups excluding carboxylic acids is 1. The van der Waals surface area contributed by atoms with E-state index in [0.717, 1.165) is 13.0 Å². The predicted molar refractivity (Wildman–Crippen MR) is 73.2 cm³/mol. The molecule has 3 nitrogen and oxygen atoms in total. The van der Waals surface area contributed by atoms with Gasteiger partial charge in [-0.1, -0.05) is 31.2 Å². The zero-order chi connectivity index (χ0) is 13.0. The summed E-state index contributed by atoms with van der Waals surface area (Å²) in [7, 11) is 0. The summed E-state index contributed by atoms with van der Waals surface area (Å²) in [5.41, 5.74) is 2.41. The van der Waals surface area contributed by atoms with Crippen LogP contribution in [0.5, 0.6) is 0 Å². The third kappa shape index (κ3) is 3.10. The van der Waals surface area contributed by atoms with Crippen LogP contribution in [0.15, 0.2) is 24.3 Å². The molecule has 18 heavy (non-hydrogen) atoms. The molecule has 1 heterocycles. The lowest BCUT2D eigenvalue weighted by Crippen LogP contribution is -2.50. The molecule has 98 valence electrons. The van der Waals surface area contributed by atoms with E-state index < -0.39 is 0 Å². The van der Waals surface area contributed by atoms with Crippen molar-refractivity contribution >= 4 is 5.91 Å². The van der Waals surface area contributed by atoms with Gasteiger partial charge in [0, 0.05) is 6.54 Å². The molecular weight excluding hydrogens is 224 g/mol. The number of hydrogen-bond acceptors (Lipinski definition) is 2. The predicted octanol–water partition coefficient (Wildman–Crippen LogP) is 2.00. The average molecular weight is 246 g/mol. The molecule has 1 aliphatic heterocycles. The van der Waals surface area contributed by atoms with Gasteiger partial charge in [0.15, 0.2) is 0 Å². The molecule has 2 atom stereocenters. The average Bonchev–Trinajstić information content (AvgIpc) is 2.38. The highest BCUT2D eigenvalue weighted by Crippen LogP contribution is 2.15. The van der Waals surface area contributed by atoms with Gasteiger partial charge in [-0.3, -0.25) is 4.79 Å². The Labute approximate surface area is 109 Å². The molecule has 1 amide bonds. The quantitative estimate of drug-likeness (QED) is 0.856. The van der Waals surface area contributed by atoms with E-state index in [2.05, 4.69) is 36.6 Å². The first-order valence-corrected chi connectivity index (χ1v) is 6.74. The molecule has 3 heteroatoms. The topological polar surface area (TPSA) is 41.1 Å². The van der Waals surface area contributed by atoms with Gasteiger partial charge in [-0.05, 0) is 43.4 Å². The number of aryl methyl sites for hydroxylation is 1. The third-order valence-electron chi connectivity index (χ3n) is 3.77. The van der Waals surface area contributed by atoms with Crippen molar-refractivity contribution in [2.24, 2.45) is 5.92 Å². The van der Waals surface area contributed by atoms with E-state index in [1.165, 1.54) is 17.5 Å². The Kier molecular flexibility index (Phi) is 4.37. The summed E-state index contributed by atoms with van der Waals surface area (Å²) in [5.74, 6) is 0.557. The van der Waals surface area contributed by atoms with E-state index in [0.29, 0.717) is 12.5 Å². The van der Waals surface area contributed by atoms with Gasteiger partial charge in [-0.25, -0.2) is 0 Å². The van der Waals surface area contributed by atoms with Crippen LogP contribution in [-0.4, -0.2) is 18.5 Å². The van der Waals surface area contributed by atoms with Gasteiger partial charge in [-0.15, -0.1) is 0 Å². The SMILES string of the molecule is Cc1ccccc1CNC(=O)C1NCCCC1C. The monoisotopic (exact) mass is 246 g/mol. The molecule has 0 saturated carbocycles. The number of amides is 1. The lowest BCUT2D eigenvalue weighted by atomic mass is 9.92. The number of hydrogen-bond donors (Lipinski definition) is 2. The van der Waals surface area contributed by atoms with Gasteiger partial charge >= 0.3 is 0 Å². The minimum absolute atomic E-state index is 0.0252. The Bertz CT molecular complexity index is 417. The Hall–Kier alpha value is -1.35. The Balaban J connectivity index is 1.90. The van der Waals surface area contributed by atoms with Gasteiger partial charge < -0.3 is 10.6 Å². The third-order valence-corrected chi connectivity index (χ3v) is 3.77. The van der Waals surface area contributed by atoms with Gasteiger partial charge in [0.2, 0.25) is 5.91 Å². The first-order chi connectivity index (χ1) is 8.68. The van der Waals surface area contributed by atoms with Crippen LogP contribution in [0.1, 0.15) is 30.9 Å². The molecule has 1 saturated heterocycles. The van der Waals surface area contributed by atoms with Crippen LogP contribution in [0.3, 0.4) is 0 Å². The summed E-state index contributed by atoms with van der Waals surface area (Å²) in [5, 5.41) is 6.35. The minimum Gasteiger partial charge on any atom is -0.351 e. The first-order valence-electron chi connectivity index (χ1n) is 6.74. The van der Waals surface area contributed by atoms with Crippen molar-refractivity contribution in [3.8, 4) is 0 Å². The van der Waals surface area contributed by atoms with Crippen molar-refractivity contribution in [1.29, 1.82) is 0 Å². The van der Waals surface area contributed by atoms with Gasteiger partial charge in [-0.2, -0.15) is 0 Å². The normalized spacial score (nSPS) is 23.7. The van der Waals surface area contributed by atoms with E-state index in [4.69, 9.17) is 0 Å². The Morgan fingerprint density at radius 1 is 1.44 bits per heavy atom. The lowest BCUT2D eigenvalue weighted by Gasteiger charge is -2.29. The second kappa shape index (κ2) is 6.01. The molecule has 1 aromatic rings. The summed E-state index contributed by atoms with van der Waals surface area (Å²) >= 11 is 0. The summed E-state index contributed by atoms with van der Waals surface area (Å²) in [4.78, 5) is 12.1. The molecule has 2 unspecified atom stereocenters. The molecular formula is C15H22N2O. The highest BCUT2D eigenvalue weighted by molar-refractivity contribution is 5.82. The molecule has 1 aromatic carbocycles. The molecule has 0 aliphatic carbocycles. The van der Waals surface area contributed by atoms with Crippen LogP contribution < -0.4 is 10.6 Å². The van der Waals surface area contributed by atoms with E-state index in [-0.39, 0.29) is 11.9 Å². The fraction of sp³-hybridized carbons (Fsp3) is 0.533. The summed E-state index contributed by atoms with van der Waals surface area (Å²) in [6, 6.07) is 8.14. The molecule has 0 aromatic heterocycles.